The number of nitrogens with zero attached hydrogens (tertiary/aromatic N) is 1. The van der Waals surface area contributed by atoms with Crippen LogP contribution in [-0.2, 0) is 11.3 Å². The molecule has 1 aromatic rings. The molecule has 0 spiro atoms. The molecule has 0 unspecified atom stereocenters. The van der Waals surface area contributed by atoms with Crippen molar-refractivity contribution >= 4 is 5.91 Å². The van der Waals surface area contributed by atoms with Crippen LogP contribution < -0.4 is 20.1 Å². The Morgan fingerprint density at radius 3 is 2.52 bits per heavy atom. The molecule has 6 nitrogen and oxygen atoms in total. The number of methoxy groups -OCH3 is 2. The van der Waals surface area contributed by atoms with Crippen LogP contribution in [0.25, 0.3) is 0 Å². The molecule has 0 bridgehead atoms. The molecule has 0 saturated carbocycles. The van der Waals surface area contributed by atoms with Gasteiger partial charge in [0.25, 0.3) is 0 Å². The van der Waals surface area contributed by atoms with E-state index in [-0.39, 0.29) is 5.91 Å². The zero-order chi connectivity index (χ0) is 15.7. The third kappa shape index (κ3) is 6.46. The van der Waals surface area contributed by atoms with E-state index in [1.54, 1.807) is 14.2 Å². The number of carbonyl (C=O) groups is 1. The summed E-state index contributed by atoms with van der Waals surface area (Å²) in [6.07, 6.45) is 0. The molecule has 1 rings (SSSR count). The van der Waals surface area contributed by atoms with E-state index in [4.69, 9.17) is 9.47 Å². The lowest BCUT2D eigenvalue weighted by Crippen LogP contribution is -2.37. The van der Waals surface area contributed by atoms with Crippen molar-refractivity contribution in [2.75, 3.05) is 47.9 Å². The molecular weight excluding hydrogens is 270 g/mol. The predicted octanol–water partition coefficient (Wildman–Crippen LogP) is 0.471. The van der Waals surface area contributed by atoms with E-state index in [1.165, 1.54) is 0 Å². The molecule has 0 aliphatic rings. The number of likely N-dealkylation sites (N-methyl/N-ethyl adjacent to an activating group) is 1. The smallest absolute Gasteiger partial charge is 0.234 e. The number of rotatable bonds is 9. The number of ether oxygens (including phenoxy) is 2. The van der Waals surface area contributed by atoms with Crippen molar-refractivity contribution in [1.82, 2.24) is 15.5 Å². The summed E-state index contributed by atoms with van der Waals surface area (Å²) in [5.41, 5.74) is 1.04. The molecule has 0 aliphatic carbocycles. The molecule has 0 aliphatic heterocycles. The van der Waals surface area contributed by atoms with Crippen LogP contribution in [0.15, 0.2) is 18.2 Å². The highest BCUT2D eigenvalue weighted by Gasteiger charge is 2.05. The van der Waals surface area contributed by atoms with E-state index in [0.29, 0.717) is 31.1 Å². The van der Waals surface area contributed by atoms with Crippen LogP contribution in [0.1, 0.15) is 5.56 Å². The summed E-state index contributed by atoms with van der Waals surface area (Å²) in [6.45, 7) is 2.38. The molecule has 2 N–H and O–H groups in total. The summed E-state index contributed by atoms with van der Waals surface area (Å²) in [7, 11) is 7.16. The Hall–Kier alpha value is -1.79. The maximum absolute atomic E-state index is 11.6. The number of benzene rings is 1. The van der Waals surface area contributed by atoms with Crippen molar-refractivity contribution < 1.29 is 14.3 Å². The summed E-state index contributed by atoms with van der Waals surface area (Å²) in [5, 5.41) is 5.96. The highest BCUT2D eigenvalue weighted by molar-refractivity contribution is 5.77. The summed E-state index contributed by atoms with van der Waals surface area (Å²) in [6, 6.07) is 5.70. The highest BCUT2D eigenvalue weighted by atomic mass is 16.5. The maximum Gasteiger partial charge on any atom is 0.234 e. The van der Waals surface area contributed by atoms with Gasteiger partial charge in [-0.2, -0.15) is 0 Å². The fourth-order valence-corrected chi connectivity index (χ4v) is 1.79. The van der Waals surface area contributed by atoms with Crippen molar-refractivity contribution in [3.05, 3.63) is 23.8 Å². The van der Waals surface area contributed by atoms with Gasteiger partial charge in [-0.15, -0.1) is 0 Å². The first-order valence-electron chi connectivity index (χ1n) is 6.90. The van der Waals surface area contributed by atoms with Gasteiger partial charge < -0.3 is 25.0 Å². The van der Waals surface area contributed by atoms with Crippen LogP contribution >= 0.6 is 0 Å². The third-order valence-electron chi connectivity index (χ3n) is 2.94. The SMILES string of the molecule is COc1ccc(CNCC(=O)NCCN(C)C)cc1OC. The van der Waals surface area contributed by atoms with Crippen LogP contribution in [0.3, 0.4) is 0 Å². The molecule has 6 heteroatoms. The van der Waals surface area contributed by atoms with Crippen LogP contribution in [0, 0.1) is 0 Å². The van der Waals surface area contributed by atoms with E-state index >= 15 is 0 Å². The van der Waals surface area contributed by atoms with E-state index in [1.807, 2.05) is 37.2 Å². The maximum atomic E-state index is 11.6. The standard InChI is InChI=1S/C15H25N3O3/c1-18(2)8-7-17-15(19)11-16-10-12-5-6-13(20-3)14(9-12)21-4/h5-6,9,16H,7-8,10-11H2,1-4H3,(H,17,19). The Bertz CT molecular complexity index is 450. The summed E-state index contributed by atoms with van der Waals surface area (Å²) < 4.78 is 10.4. The Morgan fingerprint density at radius 1 is 1.19 bits per heavy atom. The molecule has 0 radical (unpaired) electrons. The number of hydrogen-bond donors (Lipinski definition) is 2. The van der Waals surface area contributed by atoms with E-state index in [0.717, 1.165) is 12.1 Å². The van der Waals surface area contributed by atoms with Gasteiger partial charge in [-0.1, -0.05) is 6.07 Å². The van der Waals surface area contributed by atoms with Gasteiger partial charge in [-0.05, 0) is 31.8 Å². The van der Waals surface area contributed by atoms with Crippen molar-refractivity contribution in [1.29, 1.82) is 0 Å². The number of nitrogens with one attached hydrogen (secondary N) is 2. The van der Waals surface area contributed by atoms with Gasteiger partial charge in [-0.3, -0.25) is 4.79 Å². The topological polar surface area (TPSA) is 62.8 Å². The molecule has 0 fully saturated rings. The first kappa shape index (κ1) is 17.3. The molecule has 0 atom stereocenters. The quantitative estimate of drug-likeness (QED) is 0.693. The third-order valence-corrected chi connectivity index (χ3v) is 2.94. The van der Waals surface area contributed by atoms with Gasteiger partial charge in [0.2, 0.25) is 5.91 Å². The van der Waals surface area contributed by atoms with Crippen LogP contribution in [0.4, 0.5) is 0 Å². The van der Waals surface area contributed by atoms with Gasteiger partial charge in [0.15, 0.2) is 11.5 Å². The molecule has 21 heavy (non-hydrogen) atoms. The Kier molecular flexibility index (Phi) is 7.56. The monoisotopic (exact) mass is 295 g/mol. The first-order chi connectivity index (χ1) is 10.1. The number of carbonyl (C=O) groups excluding carboxylic acids is 1. The average molecular weight is 295 g/mol. The molecule has 0 heterocycles. The second kappa shape index (κ2) is 9.20. The average Bonchev–Trinajstić information content (AvgIpc) is 2.46. The Balaban J connectivity index is 2.33. The van der Waals surface area contributed by atoms with Crippen molar-refractivity contribution in [3.63, 3.8) is 0 Å². The number of amides is 1. The highest BCUT2D eigenvalue weighted by Crippen LogP contribution is 2.27. The summed E-state index contributed by atoms with van der Waals surface area (Å²) >= 11 is 0. The normalized spacial score (nSPS) is 10.5. The second-order valence-corrected chi connectivity index (χ2v) is 4.95. The molecule has 118 valence electrons. The van der Waals surface area contributed by atoms with Gasteiger partial charge in [0.1, 0.15) is 0 Å². The lowest BCUT2D eigenvalue weighted by atomic mass is 10.2. The second-order valence-electron chi connectivity index (χ2n) is 4.95. The van der Waals surface area contributed by atoms with E-state index in [9.17, 15) is 4.79 Å². The summed E-state index contributed by atoms with van der Waals surface area (Å²) in [4.78, 5) is 13.6. The Labute approximate surface area is 126 Å². The van der Waals surface area contributed by atoms with Crippen molar-refractivity contribution in [3.8, 4) is 11.5 Å². The van der Waals surface area contributed by atoms with Crippen molar-refractivity contribution in [2.24, 2.45) is 0 Å². The molecule has 1 aromatic carbocycles. The van der Waals surface area contributed by atoms with Crippen LogP contribution in [-0.4, -0.2) is 58.8 Å². The minimum absolute atomic E-state index is 0.00248. The minimum atomic E-state index is -0.00248. The molecule has 0 saturated heterocycles. The largest absolute Gasteiger partial charge is 0.493 e. The molecule has 0 aromatic heterocycles. The van der Waals surface area contributed by atoms with Gasteiger partial charge >= 0.3 is 0 Å². The molecular formula is C15H25N3O3. The van der Waals surface area contributed by atoms with Gasteiger partial charge in [0, 0.05) is 19.6 Å². The fraction of sp³-hybridized carbons (Fsp3) is 0.533. The predicted molar refractivity (Wildman–Crippen MR) is 82.8 cm³/mol. The Morgan fingerprint density at radius 2 is 1.90 bits per heavy atom. The molecule has 1 amide bonds. The zero-order valence-corrected chi connectivity index (χ0v) is 13.2. The summed E-state index contributed by atoms with van der Waals surface area (Å²) in [5.74, 6) is 1.38. The number of hydrogen-bond acceptors (Lipinski definition) is 5. The van der Waals surface area contributed by atoms with Crippen LogP contribution in [0.2, 0.25) is 0 Å². The van der Waals surface area contributed by atoms with E-state index < -0.39 is 0 Å². The first-order valence-corrected chi connectivity index (χ1v) is 6.90. The van der Waals surface area contributed by atoms with Gasteiger partial charge in [0.05, 0.1) is 20.8 Å². The lowest BCUT2D eigenvalue weighted by molar-refractivity contribution is -0.120. The van der Waals surface area contributed by atoms with Crippen LogP contribution in [0.5, 0.6) is 11.5 Å². The van der Waals surface area contributed by atoms with E-state index in [2.05, 4.69) is 10.6 Å². The van der Waals surface area contributed by atoms with Gasteiger partial charge in [-0.25, -0.2) is 0 Å². The fourth-order valence-electron chi connectivity index (χ4n) is 1.79. The zero-order valence-electron chi connectivity index (χ0n) is 13.2. The lowest BCUT2D eigenvalue weighted by Gasteiger charge is -2.12. The minimum Gasteiger partial charge on any atom is -0.493 e. The van der Waals surface area contributed by atoms with Crippen molar-refractivity contribution in [2.45, 2.75) is 6.54 Å².